The van der Waals surface area contributed by atoms with Crippen LogP contribution in [-0.2, 0) is 0 Å². The first-order valence-corrected chi connectivity index (χ1v) is 20.1. The van der Waals surface area contributed by atoms with Gasteiger partial charge in [0.15, 0.2) is 5.58 Å². The Hall–Kier alpha value is -7.88. The molecule has 0 radical (unpaired) electrons. The molecule has 0 amide bonds. The third-order valence-corrected chi connectivity index (χ3v) is 11.4. The summed E-state index contributed by atoms with van der Waals surface area (Å²) >= 11 is 0. The topological polar surface area (TPSA) is 20.8 Å². The third-order valence-electron chi connectivity index (χ3n) is 11.4. The van der Waals surface area contributed by atoms with Crippen LogP contribution in [0.25, 0.3) is 83.4 Å². The van der Waals surface area contributed by atoms with E-state index in [1.165, 1.54) is 16.5 Å². The number of rotatable bonds is 8. The summed E-state index contributed by atoms with van der Waals surface area (Å²) in [6.07, 6.45) is 0. The molecule has 11 rings (SSSR count). The van der Waals surface area contributed by atoms with Crippen molar-refractivity contribution in [3.05, 3.63) is 231 Å². The fourth-order valence-corrected chi connectivity index (χ4v) is 8.59. The molecule has 0 atom stereocenters. The Bertz CT molecular complexity index is 3200. The summed E-state index contributed by atoms with van der Waals surface area (Å²) in [4.78, 5) is 2.31. The molecule has 2 aromatic heterocycles. The van der Waals surface area contributed by atoms with Crippen molar-refractivity contribution in [2.45, 2.75) is 0 Å². The summed E-state index contributed by atoms with van der Waals surface area (Å²) in [7, 11) is 0. The van der Waals surface area contributed by atoms with Crippen LogP contribution in [0.15, 0.2) is 235 Å². The van der Waals surface area contributed by atoms with Crippen LogP contribution in [0.4, 0.5) is 17.1 Å². The number of oxazole rings is 1. The van der Waals surface area contributed by atoms with Crippen LogP contribution < -0.4 is 4.90 Å². The zero-order valence-corrected chi connectivity index (χ0v) is 32.2. The average molecular weight is 755 g/mol. The number of hydrogen-bond donors (Lipinski definition) is 0. The standard InChI is InChI=1S/C56H38N2O/c1-5-15-39(16-6-1)41-29-33-47(34-30-41)57(46-21-11-4-12-22-46)48-35-31-42(32-36-48)40-25-27-44(28-26-40)49-37-38-50(43-17-7-2-8-18-43)55-54(49)58-52-24-14-13-23-51(52)53(56(58)59-55)45-19-9-3-10-20-45/h1-38H. The summed E-state index contributed by atoms with van der Waals surface area (Å²) in [5.41, 5.74) is 18.7. The van der Waals surface area contributed by atoms with Gasteiger partial charge in [-0.1, -0.05) is 182 Å². The second-order valence-electron chi connectivity index (χ2n) is 14.9. The minimum Gasteiger partial charge on any atom is -0.437 e. The maximum atomic E-state index is 7.04. The molecule has 0 aliphatic heterocycles. The highest BCUT2D eigenvalue weighted by Gasteiger charge is 2.24. The zero-order chi connectivity index (χ0) is 39.1. The second-order valence-corrected chi connectivity index (χ2v) is 14.9. The molecule has 2 heterocycles. The van der Waals surface area contributed by atoms with Gasteiger partial charge < -0.3 is 9.32 Å². The molecule has 0 aliphatic carbocycles. The summed E-state index contributed by atoms with van der Waals surface area (Å²) in [6.45, 7) is 0. The van der Waals surface area contributed by atoms with Gasteiger partial charge in [-0.15, -0.1) is 0 Å². The Balaban J connectivity index is 0.986. The van der Waals surface area contributed by atoms with Crippen molar-refractivity contribution in [3.63, 3.8) is 0 Å². The number of anilines is 3. The Morgan fingerprint density at radius 1 is 0.322 bits per heavy atom. The van der Waals surface area contributed by atoms with Gasteiger partial charge in [0, 0.05) is 33.6 Å². The lowest BCUT2D eigenvalue weighted by Gasteiger charge is -2.26. The quantitative estimate of drug-likeness (QED) is 0.154. The fraction of sp³-hybridized carbons (Fsp3) is 0. The van der Waals surface area contributed by atoms with E-state index in [9.17, 15) is 0 Å². The SMILES string of the molecule is c1ccc(-c2ccc(N(c3ccccc3)c3ccc(-c4ccc(-c5ccc(-c6ccccc6)c6oc7c(-c8ccccc8)c8ccccc8n7c56)cc4)cc3)cc2)cc1. The van der Waals surface area contributed by atoms with E-state index < -0.39 is 0 Å². The maximum Gasteiger partial charge on any atom is 0.213 e. The first-order valence-electron chi connectivity index (χ1n) is 20.1. The van der Waals surface area contributed by atoms with Crippen molar-refractivity contribution in [1.82, 2.24) is 4.40 Å². The summed E-state index contributed by atoms with van der Waals surface area (Å²) < 4.78 is 9.37. The van der Waals surface area contributed by atoms with E-state index in [4.69, 9.17) is 4.42 Å². The molecule has 278 valence electrons. The highest BCUT2D eigenvalue weighted by atomic mass is 16.3. The van der Waals surface area contributed by atoms with Crippen LogP contribution in [0.1, 0.15) is 0 Å². The van der Waals surface area contributed by atoms with Crippen molar-refractivity contribution in [2.75, 3.05) is 4.90 Å². The highest BCUT2D eigenvalue weighted by Crippen LogP contribution is 2.45. The van der Waals surface area contributed by atoms with Gasteiger partial charge in [-0.3, -0.25) is 4.40 Å². The van der Waals surface area contributed by atoms with Gasteiger partial charge in [-0.25, -0.2) is 0 Å². The van der Waals surface area contributed by atoms with Crippen molar-refractivity contribution < 1.29 is 4.42 Å². The molecule has 11 aromatic rings. The average Bonchev–Trinajstić information content (AvgIpc) is 3.86. The predicted molar refractivity (Wildman–Crippen MR) is 247 cm³/mol. The lowest BCUT2D eigenvalue weighted by Crippen LogP contribution is -2.09. The molecule has 0 fully saturated rings. The lowest BCUT2D eigenvalue weighted by atomic mass is 9.96. The van der Waals surface area contributed by atoms with Gasteiger partial charge in [0.05, 0.1) is 11.1 Å². The zero-order valence-electron chi connectivity index (χ0n) is 32.2. The van der Waals surface area contributed by atoms with Gasteiger partial charge in [0.2, 0.25) is 5.71 Å². The van der Waals surface area contributed by atoms with Crippen molar-refractivity contribution in [1.29, 1.82) is 0 Å². The largest absolute Gasteiger partial charge is 0.437 e. The van der Waals surface area contributed by atoms with Gasteiger partial charge >= 0.3 is 0 Å². The van der Waals surface area contributed by atoms with Crippen LogP contribution in [0.5, 0.6) is 0 Å². The predicted octanol–water partition coefficient (Wildman–Crippen LogP) is 15.6. The molecule has 59 heavy (non-hydrogen) atoms. The minimum atomic E-state index is 0.852. The van der Waals surface area contributed by atoms with Gasteiger partial charge in [0.25, 0.3) is 0 Å². The van der Waals surface area contributed by atoms with Gasteiger partial charge in [-0.05, 0) is 87.5 Å². The van der Waals surface area contributed by atoms with E-state index in [0.717, 1.165) is 83.9 Å². The van der Waals surface area contributed by atoms with Crippen molar-refractivity contribution >= 4 is 44.8 Å². The number of benzene rings is 9. The van der Waals surface area contributed by atoms with E-state index >= 15 is 0 Å². The molecule has 0 unspecified atom stereocenters. The smallest absolute Gasteiger partial charge is 0.213 e. The maximum absolute atomic E-state index is 7.04. The molecule has 0 spiro atoms. The van der Waals surface area contributed by atoms with E-state index in [1.54, 1.807) is 0 Å². The van der Waals surface area contributed by atoms with E-state index in [2.05, 4.69) is 240 Å². The summed E-state index contributed by atoms with van der Waals surface area (Å²) in [5.74, 6) is 0. The molecule has 3 nitrogen and oxygen atoms in total. The Morgan fingerprint density at radius 3 is 1.32 bits per heavy atom. The molecular formula is C56H38N2O. The number of aromatic nitrogens is 1. The van der Waals surface area contributed by atoms with Crippen LogP contribution >= 0.6 is 0 Å². The van der Waals surface area contributed by atoms with Crippen molar-refractivity contribution in [3.8, 4) is 55.6 Å². The molecular weight excluding hydrogens is 717 g/mol. The van der Waals surface area contributed by atoms with Gasteiger partial charge in [0.1, 0.15) is 5.52 Å². The monoisotopic (exact) mass is 754 g/mol. The van der Waals surface area contributed by atoms with E-state index in [0.29, 0.717) is 0 Å². The molecule has 0 N–H and O–H groups in total. The number of hydrogen-bond acceptors (Lipinski definition) is 2. The molecule has 0 bridgehead atoms. The number of fused-ring (bicyclic) bond motifs is 5. The number of para-hydroxylation sites is 2. The van der Waals surface area contributed by atoms with Crippen LogP contribution in [0.3, 0.4) is 0 Å². The molecule has 0 saturated carbocycles. The molecule has 9 aromatic carbocycles. The van der Waals surface area contributed by atoms with Crippen molar-refractivity contribution in [2.24, 2.45) is 0 Å². The molecule has 0 saturated heterocycles. The fourth-order valence-electron chi connectivity index (χ4n) is 8.59. The van der Waals surface area contributed by atoms with Crippen LogP contribution in [0.2, 0.25) is 0 Å². The normalized spacial score (nSPS) is 11.4. The Morgan fingerprint density at radius 2 is 0.729 bits per heavy atom. The lowest BCUT2D eigenvalue weighted by molar-refractivity contribution is 0.659. The first-order chi connectivity index (χ1) is 29.3. The van der Waals surface area contributed by atoms with Gasteiger partial charge in [-0.2, -0.15) is 0 Å². The van der Waals surface area contributed by atoms with E-state index in [1.807, 2.05) is 0 Å². The first kappa shape index (κ1) is 34.4. The van der Waals surface area contributed by atoms with E-state index in [-0.39, 0.29) is 0 Å². The Kier molecular flexibility index (Phi) is 8.49. The second kappa shape index (κ2) is 14.6. The van der Waals surface area contributed by atoms with Crippen LogP contribution in [0, 0.1) is 0 Å². The number of nitrogens with zero attached hydrogens (tertiary/aromatic N) is 2. The summed E-state index contributed by atoms with van der Waals surface area (Å²) in [6, 6.07) is 82.0. The van der Waals surface area contributed by atoms with Crippen LogP contribution in [-0.4, -0.2) is 4.40 Å². The highest BCUT2D eigenvalue weighted by molar-refractivity contribution is 6.11. The Labute approximate surface area is 343 Å². The summed E-state index contributed by atoms with van der Waals surface area (Å²) in [5, 5.41) is 1.17. The minimum absolute atomic E-state index is 0.852. The molecule has 0 aliphatic rings. The third kappa shape index (κ3) is 6.08. The molecule has 3 heteroatoms.